The summed E-state index contributed by atoms with van der Waals surface area (Å²) < 4.78 is 0. The molecule has 2 N–H and O–H groups in total. The van der Waals surface area contributed by atoms with Crippen molar-refractivity contribution in [3.63, 3.8) is 0 Å². The van der Waals surface area contributed by atoms with E-state index in [1.165, 1.54) is 12.1 Å². The number of aromatic hydroxyl groups is 1. The molecule has 1 aromatic rings. The van der Waals surface area contributed by atoms with Gasteiger partial charge < -0.3 is 10.2 Å². The largest absolute Gasteiger partial charge is 0.507 e. The van der Waals surface area contributed by atoms with Crippen molar-refractivity contribution < 1.29 is 19.8 Å². The maximum atomic E-state index is 11.8. The number of Topliss-reactive ketones (excluding diaryl/α,β-unsaturated/α-hetero) is 1. The molecule has 4 nitrogen and oxygen atoms in total. The third kappa shape index (κ3) is 2.05. The molecule has 0 aromatic heterocycles. The Morgan fingerprint density at radius 3 is 2.25 bits per heavy atom. The van der Waals surface area contributed by atoms with Crippen molar-refractivity contribution in [3.8, 4) is 5.75 Å². The molecular formula is C12H14O4. The van der Waals surface area contributed by atoms with E-state index >= 15 is 0 Å². The molecule has 0 spiro atoms. The Morgan fingerprint density at radius 1 is 1.25 bits per heavy atom. The second-order valence-corrected chi connectivity index (χ2v) is 3.98. The SMILES string of the molecule is Cc1ccc(C(=O)C(C)C)c(C(=O)O)c1O. The van der Waals surface area contributed by atoms with Crippen molar-refractivity contribution in [2.45, 2.75) is 20.8 Å². The quantitative estimate of drug-likeness (QED) is 0.769. The Bertz CT molecular complexity index is 447. The van der Waals surface area contributed by atoms with Gasteiger partial charge in [-0.05, 0) is 18.6 Å². The van der Waals surface area contributed by atoms with Crippen LogP contribution in [0.15, 0.2) is 12.1 Å². The highest BCUT2D eigenvalue weighted by Crippen LogP contribution is 2.27. The number of aromatic carboxylic acids is 1. The molecule has 1 rings (SSSR count). The van der Waals surface area contributed by atoms with Crippen molar-refractivity contribution >= 4 is 11.8 Å². The highest BCUT2D eigenvalue weighted by molar-refractivity contribution is 6.08. The first-order valence-corrected chi connectivity index (χ1v) is 4.96. The molecule has 0 aliphatic carbocycles. The summed E-state index contributed by atoms with van der Waals surface area (Å²) >= 11 is 0. The number of aryl methyl sites for hydroxylation is 1. The molecule has 0 radical (unpaired) electrons. The molecule has 0 bridgehead atoms. The summed E-state index contributed by atoms with van der Waals surface area (Å²) in [6, 6.07) is 2.98. The van der Waals surface area contributed by atoms with Crippen molar-refractivity contribution in [2.24, 2.45) is 5.92 Å². The normalized spacial score (nSPS) is 10.5. The van der Waals surface area contributed by atoms with Gasteiger partial charge in [-0.1, -0.05) is 19.9 Å². The molecule has 0 aliphatic rings. The summed E-state index contributed by atoms with van der Waals surface area (Å²) in [6.07, 6.45) is 0. The molecule has 0 fully saturated rings. The lowest BCUT2D eigenvalue weighted by molar-refractivity contribution is 0.0687. The smallest absolute Gasteiger partial charge is 0.340 e. The topological polar surface area (TPSA) is 74.6 Å². The van der Waals surface area contributed by atoms with Gasteiger partial charge in [-0.2, -0.15) is 0 Å². The van der Waals surface area contributed by atoms with E-state index in [-0.39, 0.29) is 28.6 Å². The number of carbonyl (C=O) groups excluding carboxylic acids is 1. The predicted octanol–water partition coefficient (Wildman–Crippen LogP) is 2.24. The average molecular weight is 222 g/mol. The van der Waals surface area contributed by atoms with Crippen LogP contribution in [0.4, 0.5) is 0 Å². The lowest BCUT2D eigenvalue weighted by Gasteiger charge is -2.10. The van der Waals surface area contributed by atoms with E-state index < -0.39 is 5.97 Å². The fourth-order valence-electron chi connectivity index (χ4n) is 1.43. The van der Waals surface area contributed by atoms with Gasteiger partial charge in [0.15, 0.2) is 5.78 Å². The number of carboxylic acid groups (broad SMARTS) is 1. The monoisotopic (exact) mass is 222 g/mol. The Morgan fingerprint density at radius 2 is 1.81 bits per heavy atom. The number of ketones is 1. The number of hydrogen-bond donors (Lipinski definition) is 2. The van der Waals surface area contributed by atoms with Crippen LogP contribution in [-0.2, 0) is 0 Å². The van der Waals surface area contributed by atoms with Gasteiger partial charge in [-0.25, -0.2) is 4.79 Å². The molecule has 16 heavy (non-hydrogen) atoms. The molecule has 1 aromatic carbocycles. The lowest BCUT2D eigenvalue weighted by Crippen LogP contribution is -2.14. The standard InChI is InChI=1S/C12H14O4/c1-6(2)10(13)8-5-4-7(3)11(14)9(8)12(15)16/h4-6,14H,1-3H3,(H,15,16). The van der Waals surface area contributed by atoms with E-state index in [0.29, 0.717) is 5.56 Å². The van der Waals surface area contributed by atoms with Gasteiger partial charge >= 0.3 is 5.97 Å². The van der Waals surface area contributed by atoms with Gasteiger partial charge in [0.2, 0.25) is 0 Å². The fraction of sp³-hybridized carbons (Fsp3) is 0.333. The van der Waals surface area contributed by atoms with Gasteiger partial charge in [0.25, 0.3) is 0 Å². The van der Waals surface area contributed by atoms with Crippen LogP contribution in [0, 0.1) is 12.8 Å². The van der Waals surface area contributed by atoms with Gasteiger partial charge in [0.05, 0.1) is 0 Å². The van der Waals surface area contributed by atoms with Crippen molar-refractivity contribution in [3.05, 3.63) is 28.8 Å². The first kappa shape index (κ1) is 12.2. The summed E-state index contributed by atoms with van der Waals surface area (Å²) in [5.41, 5.74) is 0.196. The van der Waals surface area contributed by atoms with Crippen LogP contribution >= 0.6 is 0 Å². The first-order chi connectivity index (χ1) is 7.36. The molecule has 0 aliphatic heterocycles. The number of phenols is 1. The van der Waals surface area contributed by atoms with E-state index in [4.69, 9.17) is 5.11 Å². The highest BCUT2D eigenvalue weighted by atomic mass is 16.4. The average Bonchev–Trinajstić information content (AvgIpc) is 2.20. The summed E-state index contributed by atoms with van der Waals surface area (Å²) in [5.74, 6) is -2.21. The second kappa shape index (κ2) is 4.35. The fourth-order valence-corrected chi connectivity index (χ4v) is 1.43. The zero-order valence-electron chi connectivity index (χ0n) is 9.44. The molecular weight excluding hydrogens is 208 g/mol. The van der Waals surface area contributed by atoms with Crippen molar-refractivity contribution in [2.75, 3.05) is 0 Å². The first-order valence-electron chi connectivity index (χ1n) is 4.96. The van der Waals surface area contributed by atoms with Gasteiger partial charge in [-0.15, -0.1) is 0 Å². The van der Waals surface area contributed by atoms with Crippen molar-refractivity contribution in [1.82, 2.24) is 0 Å². The zero-order chi connectivity index (χ0) is 12.5. The molecule has 0 saturated carbocycles. The number of rotatable bonds is 3. The van der Waals surface area contributed by atoms with Crippen LogP contribution < -0.4 is 0 Å². The molecule has 0 unspecified atom stereocenters. The van der Waals surface area contributed by atoms with E-state index in [9.17, 15) is 14.7 Å². The van der Waals surface area contributed by atoms with Crippen molar-refractivity contribution in [1.29, 1.82) is 0 Å². The minimum absolute atomic E-state index is 0.0607. The molecule has 86 valence electrons. The second-order valence-electron chi connectivity index (χ2n) is 3.98. The third-order valence-corrected chi connectivity index (χ3v) is 2.38. The highest BCUT2D eigenvalue weighted by Gasteiger charge is 2.23. The number of carboxylic acids is 1. The maximum absolute atomic E-state index is 11.8. The van der Waals surface area contributed by atoms with Crippen LogP contribution in [0.1, 0.15) is 40.1 Å². The maximum Gasteiger partial charge on any atom is 0.340 e. The van der Waals surface area contributed by atoms with Gasteiger partial charge in [0, 0.05) is 11.5 Å². The summed E-state index contributed by atoms with van der Waals surface area (Å²) in [7, 11) is 0. The van der Waals surface area contributed by atoms with Gasteiger partial charge in [0.1, 0.15) is 11.3 Å². The minimum Gasteiger partial charge on any atom is -0.507 e. The Kier molecular flexibility index (Phi) is 3.32. The van der Waals surface area contributed by atoms with Gasteiger partial charge in [-0.3, -0.25) is 4.79 Å². The van der Waals surface area contributed by atoms with Crippen LogP contribution in [0.5, 0.6) is 5.75 Å². The van der Waals surface area contributed by atoms with Crippen LogP contribution in [-0.4, -0.2) is 22.0 Å². The van der Waals surface area contributed by atoms with E-state index in [0.717, 1.165) is 0 Å². The van der Waals surface area contributed by atoms with E-state index in [1.54, 1.807) is 20.8 Å². The molecule has 0 heterocycles. The molecule has 0 amide bonds. The van der Waals surface area contributed by atoms with Crippen LogP contribution in [0.25, 0.3) is 0 Å². The summed E-state index contributed by atoms with van der Waals surface area (Å²) in [6.45, 7) is 4.96. The molecule has 0 saturated heterocycles. The Balaban J connectivity index is 3.46. The molecule has 0 atom stereocenters. The number of carbonyl (C=O) groups is 2. The number of hydrogen-bond acceptors (Lipinski definition) is 3. The molecule has 4 heteroatoms. The Hall–Kier alpha value is -1.84. The summed E-state index contributed by atoms with van der Waals surface area (Å²) in [4.78, 5) is 22.8. The zero-order valence-corrected chi connectivity index (χ0v) is 9.44. The lowest BCUT2D eigenvalue weighted by atomic mass is 9.94. The minimum atomic E-state index is -1.29. The Labute approximate surface area is 93.5 Å². The van der Waals surface area contributed by atoms with Crippen LogP contribution in [0.2, 0.25) is 0 Å². The number of benzene rings is 1. The third-order valence-electron chi connectivity index (χ3n) is 2.38. The van der Waals surface area contributed by atoms with E-state index in [2.05, 4.69) is 0 Å². The van der Waals surface area contributed by atoms with Crippen LogP contribution in [0.3, 0.4) is 0 Å². The predicted molar refractivity (Wildman–Crippen MR) is 59.0 cm³/mol. The van der Waals surface area contributed by atoms with E-state index in [1.807, 2.05) is 0 Å². The summed E-state index contributed by atoms with van der Waals surface area (Å²) in [5, 5.41) is 18.6.